The summed E-state index contributed by atoms with van der Waals surface area (Å²) in [6, 6.07) is 5.18. The van der Waals surface area contributed by atoms with Crippen LogP contribution in [0.1, 0.15) is 105 Å². The molecule has 1 fully saturated rings. The SMILES string of the molecule is CCNC1C=C2C=CCCC2CC1COC(=O)C12OC1(CC=C(C)CC(NC(N)=NC)C1=CCNC3=C1CCC(NC)N3)C(=O)c1cccc(CC(C)(C)CC3=CNC(N)C=C3)c1C2=O. The van der Waals surface area contributed by atoms with Gasteiger partial charge in [0.25, 0.3) is 5.60 Å². The molecule has 0 aromatic heterocycles. The standard InChI is InChI=1S/C51H69N9O5/c1-7-56-39-25-33-12-9-8-11-32(33)24-35(39)29-64-47(63)51-45(62)43-34(27-49(3,4)26-31-15-17-41(52)58-28-31)13-10-14-38(43)44(61)50(51,65-51)21-19-30(2)23-40(59-48(53)55-6)36-20-22-57-46-37(36)16-18-42(54-5)60-46/h9-10,12-15,17,19-20,25,28,32,35,39-42,54,56-58,60H,7-8,11,16,18,21-24,26-27,29,52H2,1-6H3,(H3,53,55,59). The van der Waals surface area contributed by atoms with E-state index in [-0.39, 0.29) is 65.7 Å². The van der Waals surface area contributed by atoms with Crippen molar-refractivity contribution in [2.75, 3.05) is 33.8 Å². The summed E-state index contributed by atoms with van der Waals surface area (Å²) in [7, 11) is 3.60. The lowest BCUT2D eigenvalue weighted by Gasteiger charge is -2.36. The number of rotatable bonds is 16. The Morgan fingerprint density at radius 1 is 1.17 bits per heavy atom. The summed E-state index contributed by atoms with van der Waals surface area (Å²) >= 11 is 0. The van der Waals surface area contributed by atoms with Crippen molar-refractivity contribution in [2.45, 2.75) is 121 Å². The van der Waals surface area contributed by atoms with E-state index in [1.54, 1.807) is 13.1 Å². The molecule has 0 amide bonds. The smallest absolute Gasteiger partial charge is 0.350 e. The Balaban J connectivity index is 1.10. The molecule has 8 rings (SSSR count). The molecule has 10 N–H and O–H groups in total. The van der Waals surface area contributed by atoms with E-state index in [1.807, 2.05) is 50.5 Å². The normalized spacial score (nSPS) is 30.0. The summed E-state index contributed by atoms with van der Waals surface area (Å²) in [5.74, 6) is -0.0193. The number of Topliss-reactive ketones (excluding diaryl/α,β-unsaturated/α-hetero) is 2. The van der Waals surface area contributed by atoms with Crippen LogP contribution in [-0.2, 0) is 20.7 Å². The Morgan fingerprint density at radius 3 is 2.75 bits per heavy atom. The van der Waals surface area contributed by atoms with Crippen LogP contribution in [0.4, 0.5) is 0 Å². The Labute approximate surface area is 384 Å². The van der Waals surface area contributed by atoms with E-state index >= 15 is 9.59 Å². The van der Waals surface area contributed by atoms with Crippen molar-refractivity contribution >= 4 is 23.5 Å². The van der Waals surface area contributed by atoms with Crippen LogP contribution in [0.15, 0.2) is 106 Å². The average Bonchev–Trinajstić information content (AvgIpc) is 4.01. The van der Waals surface area contributed by atoms with Crippen molar-refractivity contribution in [3.8, 4) is 0 Å². The molecule has 0 spiro atoms. The summed E-state index contributed by atoms with van der Waals surface area (Å²) in [6.45, 7) is 9.83. The number of esters is 1. The number of carbonyl (C=O) groups is 3. The Morgan fingerprint density at radius 2 is 2.00 bits per heavy atom. The minimum Gasteiger partial charge on any atom is -0.463 e. The van der Waals surface area contributed by atoms with E-state index in [0.717, 1.165) is 61.2 Å². The molecule has 7 aliphatic rings. The second-order valence-corrected chi connectivity index (χ2v) is 19.6. The van der Waals surface area contributed by atoms with Gasteiger partial charge in [-0.1, -0.05) is 81.0 Å². The number of guanidine groups is 1. The van der Waals surface area contributed by atoms with Gasteiger partial charge in [-0.3, -0.25) is 14.6 Å². The molecule has 0 saturated carbocycles. The fraction of sp³-hybridized carbons (Fsp3) is 0.529. The molecule has 1 saturated heterocycles. The van der Waals surface area contributed by atoms with Crippen molar-refractivity contribution < 1.29 is 23.9 Å². The van der Waals surface area contributed by atoms with Crippen LogP contribution >= 0.6 is 0 Å². The predicted octanol–water partition coefficient (Wildman–Crippen LogP) is 4.59. The van der Waals surface area contributed by atoms with Gasteiger partial charge in [0.05, 0.1) is 25.0 Å². The van der Waals surface area contributed by atoms with Crippen LogP contribution < -0.4 is 43.4 Å². The molecule has 3 aliphatic carbocycles. The van der Waals surface area contributed by atoms with Gasteiger partial charge in [0.15, 0.2) is 17.3 Å². The van der Waals surface area contributed by atoms with Crippen molar-refractivity contribution in [3.63, 3.8) is 0 Å². The maximum atomic E-state index is 15.3. The first kappa shape index (κ1) is 46.3. The number of ether oxygens (including phenoxy) is 2. The first-order valence-electron chi connectivity index (χ1n) is 23.6. The monoisotopic (exact) mass is 888 g/mol. The highest BCUT2D eigenvalue weighted by Gasteiger charge is 2.85. The van der Waals surface area contributed by atoms with E-state index in [2.05, 4.69) is 82.0 Å². The molecule has 65 heavy (non-hydrogen) atoms. The number of ketones is 2. The second-order valence-electron chi connectivity index (χ2n) is 19.6. The average molecular weight is 888 g/mol. The van der Waals surface area contributed by atoms with Crippen LogP contribution in [0.3, 0.4) is 0 Å². The molecule has 348 valence electrons. The molecule has 1 aromatic rings. The largest absolute Gasteiger partial charge is 0.463 e. The van der Waals surface area contributed by atoms with Crippen molar-refractivity contribution in [3.05, 3.63) is 117 Å². The molecule has 0 radical (unpaired) electrons. The van der Waals surface area contributed by atoms with Crippen LogP contribution in [-0.4, -0.2) is 92.9 Å². The van der Waals surface area contributed by atoms with Gasteiger partial charge in [-0.25, -0.2) is 4.79 Å². The summed E-state index contributed by atoms with van der Waals surface area (Å²) in [4.78, 5) is 49.6. The van der Waals surface area contributed by atoms with E-state index in [1.165, 1.54) is 11.1 Å². The lowest BCUT2D eigenvalue weighted by molar-refractivity contribution is -0.150. The summed E-state index contributed by atoms with van der Waals surface area (Å²) in [5.41, 5.74) is 15.0. The number of nitrogens with one attached hydrogen (secondary N) is 6. The minimum absolute atomic E-state index is 0.00236. The number of carbonyl (C=O) groups excluding carboxylic acids is 3. The molecular formula is C51H69N9O5. The van der Waals surface area contributed by atoms with Gasteiger partial charge in [0, 0.05) is 49.3 Å². The van der Waals surface area contributed by atoms with Gasteiger partial charge in [-0.2, -0.15) is 0 Å². The summed E-state index contributed by atoms with van der Waals surface area (Å²) in [6.07, 6.45) is 23.0. The van der Waals surface area contributed by atoms with Gasteiger partial charge >= 0.3 is 5.97 Å². The lowest BCUT2D eigenvalue weighted by Crippen LogP contribution is -2.51. The van der Waals surface area contributed by atoms with Crippen LogP contribution in [0.25, 0.3) is 0 Å². The third-order valence-corrected chi connectivity index (χ3v) is 14.4. The van der Waals surface area contributed by atoms with Crippen molar-refractivity contribution in [2.24, 2.45) is 33.7 Å². The third kappa shape index (κ3) is 9.15. The number of hydrogen-bond acceptors (Lipinski definition) is 12. The molecule has 14 nitrogen and oxygen atoms in total. The molecule has 8 atom stereocenters. The zero-order valence-corrected chi connectivity index (χ0v) is 38.9. The number of nitrogens with zero attached hydrogens (tertiary/aromatic N) is 1. The number of hydrogen-bond donors (Lipinski definition) is 8. The molecule has 14 heteroatoms. The number of epoxide rings is 1. The maximum absolute atomic E-state index is 15.3. The lowest BCUT2D eigenvalue weighted by atomic mass is 9.69. The third-order valence-electron chi connectivity index (χ3n) is 14.4. The zero-order chi connectivity index (χ0) is 46.1. The second kappa shape index (κ2) is 18.9. The first-order valence-corrected chi connectivity index (χ1v) is 23.6. The Hall–Kier alpha value is -5.28. The van der Waals surface area contributed by atoms with Gasteiger partial charge in [-0.05, 0) is 117 Å². The number of allylic oxidation sites excluding steroid dienone is 5. The Bertz CT molecular complexity index is 2320. The molecule has 8 unspecified atom stereocenters. The quantitative estimate of drug-likeness (QED) is 0.0286. The Kier molecular flexibility index (Phi) is 13.5. The van der Waals surface area contributed by atoms with Gasteiger partial charge in [0.1, 0.15) is 5.82 Å². The maximum Gasteiger partial charge on any atom is 0.350 e. The van der Waals surface area contributed by atoms with Gasteiger partial charge in [-0.15, -0.1) is 0 Å². The number of fused-ring (bicyclic) bond motifs is 3. The number of dihydropyridines is 2. The van der Waals surface area contributed by atoms with Crippen molar-refractivity contribution in [1.29, 1.82) is 0 Å². The molecule has 1 aromatic carbocycles. The van der Waals surface area contributed by atoms with E-state index in [4.69, 9.17) is 20.9 Å². The summed E-state index contributed by atoms with van der Waals surface area (Å²) in [5, 5.41) is 20.6. The minimum atomic E-state index is -2.12. The van der Waals surface area contributed by atoms with Crippen LogP contribution in [0.2, 0.25) is 0 Å². The van der Waals surface area contributed by atoms with Gasteiger partial charge < -0.3 is 52.8 Å². The zero-order valence-electron chi connectivity index (χ0n) is 38.9. The topological polar surface area (TPSA) is 210 Å². The van der Waals surface area contributed by atoms with Crippen LogP contribution in [0, 0.1) is 17.3 Å². The molecular weight excluding hydrogens is 819 g/mol. The fourth-order valence-corrected chi connectivity index (χ4v) is 11.0. The highest BCUT2D eigenvalue weighted by atomic mass is 16.7. The molecule has 0 bridgehead atoms. The number of aliphatic imine (C=N–C) groups is 1. The number of likely N-dealkylation sites (N-methyl/N-ethyl adjacent to an activating group) is 1. The summed E-state index contributed by atoms with van der Waals surface area (Å²) < 4.78 is 12.8. The molecule has 4 aliphatic heterocycles. The fourth-order valence-electron chi connectivity index (χ4n) is 11.0. The van der Waals surface area contributed by atoms with E-state index in [0.29, 0.717) is 43.2 Å². The van der Waals surface area contributed by atoms with E-state index < -0.39 is 23.0 Å². The highest BCUT2D eigenvalue weighted by Crippen LogP contribution is 2.59. The van der Waals surface area contributed by atoms with Crippen LogP contribution in [0.5, 0.6) is 0 Å². The molecule has 4 heterocycles. The highest BCUT2D eigenvalue weighted by molar-refractivity contribution is 6.33. The van der Waals surface area contributed by atoms with Gasteiger partial charge in [0.2, 0.25) is 5.78 Å². The predicted molar refractivity (Wildman–Crippen MR) is 254 cm³/mol. The van der Waals surface area contributed by atoms with E-state index in [9.17, 15) is 4.79 Å². The number of benzene rings is 1. The van der Waals surface area contributed by atoms with Crippen molar-refractivity contribution in [1.82, 2.24) is 31.9 Å². The number of nitrogens with two attached hydrogens (primary N) is 2. The first-order chi connectivity index (χ1) is 31.2.